The van der Waals surface area contributed by atoms with Crippen molar-refractivity contribution in [3.8, 4) is 23.0 Å². The molecule has 8 heteroatoms. The molecule has 1 saturated heterocycles. The lowest BCUT2D eigenvalue weighted by atomic mass is 9.88. The van der Waals surface area contributed by atoms with Gasteiger partial charge in [-0.1, -0.05) is 25.3 Å². The van der Waals surface area contributed by atoms with Gasteiger partial charge in [0.05, 0.1) is 31.5 Å². The first kappa shape index (κ1) is 24.3. The summed E-state index contributed by atoms with van der Waals surface area (Å²) in [4.78, 5) is 29.0. The van der Waals surface area contributed by atoms with E-state index < -0.39 is 0 Å². The van der Waals surface area contributed by atoms with Crippen molar-refractivity contribution in [3.63, 3.8) is 0 Å². The van der Waals surface area contributed by atoms with Crippen molar-refractivity contribution >= 4 is 17.5 Å². The van der Waals surface area contributed by atoms with E-state index in [0.717, 1.165) is 49.8 Å². The summed E-state index contributed by atoms with van der Waals surface area (Å²) in [5.41, 5.74) is 1.88. The summed E-state index contributed by atoms with van der Waals surface area (Å²) in [6.45, 7) is 1.68. The average molecular weight is 495 g/mol. The van der Waals surface area contributed by atoms with Crippen molar-refractivity contribution in [2.75, 3.05) is 39.3 Å². The van der Waals surface area contributed by atoms with Crippen molar-refractivity contribution in [2.24, 2.45) is 5.92 Å². The lowest BCUT2D eigenvalue weighted by Crippen LogP contribution is -2.32. The molecule has 2 amide bonds. The number of carbonyl (C=O) groups is 2. The zero-order valence-electron chi connectivity index (χ0n) is 21.0. The van der Waals surface area contributed by atoms with Crippen molar-refractivity contribution in [3.05, 3.63) is 41.5 Å². The van der Waals surface area contributed by atoms with Gasteiger partial charge in [-0.3, -0.25) is 9.59 Å². The summed E-state index contributed by atoms with van der Waals surface area (Å²) >= 11 is 0. The zero-order valence-corrected chi connectivity index (χ0v) is 21.0. The van der Waals surface area contributed by atoms with Crippen molar-refractivity contribution < 1.29 is 28.5 Å². The predicted octanol–water partition coefficient (Wildman–Crippen LogP) is 4.97. The average Bonchev–Trinajstić information content (AvgIpc) is 3.42. The Morgan fingerprint density at radius 3 is 2.36 bits per heavy atom. The Bertz CT molecular complexity index is 1130. The first-order chi connectivity index (χ1) is 17.6. The Kier molecular flexibility index (Phi) is 7.20. The van der Waals surface area contributed by atoms with E-state index in [4.69, 9.17) is 18.9 Å². The normalized spacial score (nSPS) is 19.6. The maximum Gasteiger partial charge on any atom is 0.256 e. The molecule has 2 aromatic carbocycles. The van der Waals surface area contributed by atoms with Gasteiger partial charge in [-0.05, 0) is 49.4 Å². The number of rotatable bonds is 6. The molecule has 2 aromatic rings. The number of nitrogens with zero attached hydrogens (tertiary/aromatic N) is 1. The molecule has 1 N–H and O–H groups in total. The molecular formula is C28H34N2O6. The molecule has 36 heavy (non-hydrogen) atoms. The van der Waals surface area contributed by atoms with Crippen LogP contribution < -0.4 is 24.3 Å². The smallest absolute Gasteiger partial charge is 0.256 e. The third-order valence-corrected chi connectivity index (χ3v) is 7.45. The number of hydrogen-bond donors (Lipinski definition) is 1. The Balaban J connectivity index is 1.45. The lowest BCUT2D eigenvalue weighted by Gasteiger charge is -2.28. The predicted molar refractivity (Wildman–Crippen MR) is 135 cm³/mol. The van der Waals surface area contributed by atoms with Gasteiger partial charge >= 0.3 is 0 Å². The van der Waals surface area contributed by atoms with Crippen LogP contribution in [-0.4, -0.2) is 50.7 Å². The van der Waals surface area contributed by atoms with Gasteiger partial charge < -0.3 is 29.2 Å². The number of fused-ring (bicyclic) bond motifs is 1. The lowest BCUT2D eigenvalue weighted by molar-refractivity contribution is -0.120. The summed E-state index contributed by atoms with van der Waals surface area (Å²) in [7, 11) is 3.09. The van der Waals surface area contributed by atoms with Crippen LogP contribution in [0.4, 0.5) is 5.69 Å². The molecule has 1 atom stereocenters. The topological polar surface area (TPSA) is 86.3 Å². The van der Waals surface area contributed by atoms with E-state index in [9.17, 15) is 9.59 Å². The Labute approximate surface area is 211 Å². The van der Waals surface area contributed by atoms with Gasteiger partial charge in [-0.15, -0.1) is 0 Å². The number of benzene rings is 2. The number of anilines is 1. The van der Waals surface area contributed by atoms with Crippen LogP contribution in [0.25, 0.3) is 0 Å². The molecule has 0 aromatic heterocycles. The quantitative estimate of drug-likeness (QED) is 0.610. The minimum Gasteiger partial charge on any atom is -0.493 e. The minimum absolute atomic E-state index is 0.0351. The summed E-state index contributed by atoms with van der Waals surface area (Å²) in [6, 6.07) is 9.17. The monoisotopic (exact) mass is 494 g/mol. The molecule has 0 unspecified atom stereocenters. The van der Waals surface area contributed by atoms with E-state index in [1.165, 1.54) is 6.42 Å². The number of ether oxygens (including phenoxy) is 4. The highest BCUT2D eigenvalue weighted by atomic mass is 16.6. The van der Waals surface area contributed by atoms with Crippen LogP contribution in [0, 0.1) is 5.92 Å². The first-order valence-electron chi connectivity index (χ1n) is 12.9. The highest BCUT2D eigenvalue weighted by molar-refractivity contribution is 6.05. The number of hydrogen-bond acceptors (Lipinski definition) is 6. The van der Waals surface area contributed by atoms with Crippen LogP contribution in [-0.2, 0) is 4.79 Å². The zero-order chi connectivity index (χ0) is 25.1. The second kappa shape index (κ2) is 10.7. The molecule has 0 radical (unpaired) electrons. The number of nitrogens with one attached hydrogen (secondary N) is 1. The summed E-state index contributed by atoms with van der Waals surface area (Å²) in [6.07, 6.45) is 6.77. The third-order valence-electron chi connectivity index (χ3n) is 7.45. The molecule has 3 aliphatic rings. The highest BCUT2D eigenvalue weighted by Crippen LogP contribution is 2.41. The van der Waals surface area contributed by atoms with Gasteiger partial charge in [0.2, 0.25) is 5.91 Å². The van der Waals surface area contributed by atoms with E-state index in [2.05, 4.69) is 5.32 Å². The van der Waals surface area contributed by atoms with Gasteiger partial charge in [0.25, 0.3) is 5.91 Å². The molecule has 2 fully saturated rings. The Hall–Kier alpha value is -3.42. The van der Waals surface area contributed by atoms with Gasteiger partial charge in [0.1, 0.15) is 13.2 Å². The SMILES string of the molecule is COc1cc(NC(=O)C2CCCCC2)c(C(=O)N2CCC[C@@H]2c2ccc3c(c2)OCCO3)cc1OC. The van der Waals surface area contributed by atoms with Crippen LogP contribution in [0.2, 0.25) is 0 Å². The van der Waals surface area contributed by atoms with E-state index >= 15 is 0 Å². The van der Waals surface area contributed by atoms with E-state index in [0.29, 0.717) is 48.3 Å². The Morgan fingerprint density at radius 2 is 1.61 bits per heavy atom. The second-order valence-electron chi connectivity index (χ2n) is 9.64. The number of methoxy groups -OCH3 is 2. The minimum atomic E-state index is -0.146. The molecule has 2 heterocycles. The fourth-order valence-corrected chi connectivity index (χ4v) is 5.54. The molecule has 1 aliphatic carbocycles. The largest absolute Gasteiger partial charge is 0.493 e. The van der Waals surface area contributed by atoms with Crippen molar-refractivity contribution in [1.29, 1.82) is 0 Å². The highest BCUT2D eigenvalue weighted by Gasteiger charge is 2.34. The molecular weight excluding hydrogens is 460 g/mol. The number of likely N-dealkylation sites (tertiary alicyclic amines) is 1. The maximum absolute atomic E-state index is 14.0. The molecule has 0 bridgehead atoms. The fourth-order valence-electron chi connectivity index (χ4n) is 5.54. The van der Waals surface area contributed by atoms with Crippen LogP contribution in [0.3, 0.4) is 0 Å². The second-order valence-corrected chi connectivity index (χ2v) is 9.64. The number of carbonyl (C=O) groups excluding carboxylic acids is 2. The molecule has 5 rings (SSSR count). The standard InChI is InChI=1S/C28H34N2O6/c1-33-24-16-20(21(17-25(24)34-2)29-27(31)18-7-4-3-5-8-18)28(32)30-12-6-9-22(30)19-10-11-23-26(15-19)36-14-13-35-23/h10-11,15-18,22H,3-9,12-14H2,1-2H3,(H,29,31)/t22-/m1/s1. The van der Waals surface area contributed by atoms with Crippen molar-refractivity contribution in [2.45, 2.75) is 51.0 Å². The van der Waals surface area contributed by atoms with Gasteiger partial charge in [-0.2, -0.15) is 0 Å². The fraction of sp³-hybridized carbons (Fsp3) is 0.500. The molecule has 8 nitrogen and oxygen atoms in total. The van der Waals surface area contributed by atoms with Crippen molar-refractivity contribution in [1.82, 2.24) is 4.90 Å². The molecule has 0 spiro atoms. The van der Waals surface area contributed by atoms with Gasteiger partial charge in [0, 0.05) is 18.5 Å². The molecule has 2 aliphatic heterocycles. The van der Waals surface area contributed by atoms with Gasteiger partial charge in [0.15, 0.2) is 23.0 Å². The summed E-state index contributed by atoms with van der Waals surface area (Å²) in [5, 5.41) is 3.05. The van der Waals surface area contributed by atoms with Crippen LogP contribution in [0.15, 0.2) is 30.3 Å². The van der Waals surface area contributed by atoms with E-state index in [1.54, 1.807) is 26.4 Å². The molecule has 1 saturated carbocycles. The van der Waals surface area contributed by atoms with Crippen LogP contribution >= 0.6 is 0 Å². The first-order valence-corrected chi connectivity index (χ1v) is 12.9. The summed E-state index contributed by atoms with van der Waals surface area (Å²) in [5.74, 6) is 2.14. The van der Waals surface area contributed by atoms with Crippen LogP contribution in [0.5, 0.6) is 23.0 Å². The van der Waals surface area contributed by atoms with E-state index in [1.807, 2.05) is 23.1 Å². The maximum atomic E-state index is 14.0. The summed E-state index contributed by atoms with van der Waals surface area (Å²) < 4.78 is 22.4. The number of amides is 2. The van der Waals surface area contributed by atoms with Gasteiger partial charge in [-0.25, -0.2) is 0 Å². The Morgan fingerprint density at radius 1 is 0.889 bits per heavy atom. The van der Waals surface area contributed by atoms with Crippen LogP contribution in [0.1, 0.15) is 66.9 Å². The third kappa shape index (κ3) is 4.81. The molecule has 192 valence electrons. The van der Waals surface area contributed by atoms with E-state index in [-0.39, 0.29) is 23.8 Å².